The largest absolute Gasteiger partial charge is 0.496 e. The van der Waals surface area contributed by atoms with Crippen LogP contribution in [0.2, 0.25) is 0 Å². The van der Waals surface area contributed by atoms with Crippen molar-refractivity contribution < 1.29 is 33.1 Å². The summed E-state index contributed by atoms with van der Waals surface area (Å²) in [5, 5.41) is 0.0796. The van der Waals surface area contributed by atoms with E-state index in [0.717, 1.165) is 0 Å². The Bertz CT molecular complexity index is 1070. The lowest BCUT2D eigenvalue weighted by atomic mass is 10.2. The Morgan fingerprint density at radius 3 is 1.22 bits per heavy atom. The molecule has 3 aromatic rings. The molecule has 3 rings (SSSR count). The molecule has 0 amide bonds. The number of hydrogen-bond donors (Lipinski definition) is 0. The Balaban J connectivity index is 2.34. The van der Waals surface area contributed by atoms with Crippen molar-refractivity contribution in [3.8, 4) is 23.0 Å². The highest BCUT2D eigenvalue weighted by atomic mass is 31.2. The van der Waals surface area contributed by atoms with Gasteiger partial charge in [-0.05, 0) is 24.3 Å². The molecule has 7 nitrogen and oxygen atoms in total. The van der Waals surface area contributed by atoms with E-state index in [4.69, 9.17) is 18.9 Å². The van der Waals surface area contributed by atoms with Crippen LogP contribution in [0, 0.1) is 0 Å². The molecule has 0 radical (unpaired) electrons. The molecule has 166 valence electrons. The van der Waals surface area contributed by atoms with Gasteiger partial charge < -0.3 is 23.5 Å². The molecule has 0 aromatic heterocycles. The van der Waals surface area contributed by atoms with Gasteiger partial charge >= 0.3 is 0 Å². The molecule has 0 aliphatic heterocycles. The lowest BCUT2D eigenvalue weighted by molar-refractivity contribution is 0.103. The van der Waals surface area contributed by atoms with Crippen molar-refractivity contribution in [1.82, 2.24) is 0 Å². The third-order valence-electron chi connectivity index (χ3n) is 4.98. The average Bonchev–Trinajstić information content (AvgIpc) is 2.86. The number of benzene rings is 3. The van der Waals surface area contributed by atoms with E-state index in [2.05, 4.69) is 0 Å². The van der Waals surface area contributed by atoms with Gasteiger partial charge in [0.2, 0.25) is 18.2 Å². The summed E-state index contributed by atoms with van der Waals surface area (Å²) in [6.45, 7) is 0. The van der Waals surface area contributed by atoms with Gasteiger partial charge in [-0.25, -0.2) is 0 Å². The molecule has 0 fully saturated rings. The van der Waals surface area contributed by atoms with E-state index in [-0.39, 0.29) is 39.4 Å². The maximum absolute atomic E-state index is 14.6. The van der Waals surface area contributed by atoms with Gasteiger partial charge in [0.25, 0.3) is 0 Å². The van der Waals surface area contributed by atoms with Crippen molar-refractivity contribution in [3.63, 3.8) is 0 Å². The van der Waals surface area contributed by atoms with Crippen LogP contribution in [-0.4, -0.2) is 39.5 Å². The van der Waals surface area contributed by atoms with Crippen LogP contribution in [0.15, 0.2) is 66.7 Å². The van der Waals surface area contributed by atoms with Gasteiger partial charge in [0.15, 0.2) is 0 Å². The normalized spacial score (nSPS) is 10.9. The summed E-state index contributed by atoms with van der Waals surface area (Å²) >= 11 is 0. The van der Waals surface area contributed by atoms with E-state index in [1.165, 1.54) is 40.6 Å². The van der Waals surface area contributed by atoms with E-state index in [9.17, 15) is 14.2 Å². The van der Waals surface area contributed by atoms with Crippen LogP contribution >= 0.6 is 7.14 Å². The molecule has 0 aliphatic carbocycles. The van der Waals surface area contributed by atoms with Crippen LogP contribution in [0.25, 0.3) is 0 Å². The molecule has 0 unspecified atom stereocenters. The predicted octanol–water partition coefficient (Wildman–Crippen LogP) is 4.39. The van der Waals surface area contributed by atoms with Gasteiger partial charge in [-0.1, -0.05) is 42.5 Å². The lowest BCUT2D eigenvalue weighted by Gasteiger charge is -2.21. The lowest BCUT2D eigenvalue weighted by Crippen LogP contribution is -2.22. The number of carbonyl (C=O) groups excluding carboxylic acids is 2. The van der Waals surface area contributed by atoms with Crippen molar-refractivity contribution in [3.05, 3.63) is 77.9 Å². The van der Waals surface area contributed by atoms with Crippen LogP contribution in [0.3, 0.4) is 0 Å². The van der Waals surface area contributed by atoms with Crippen molar-refractivity contribution in [2.24, 2.45) is 0 Å². The number of methoxy groups -OCH3 is 4. The molecule has 0 N–H and O–H groups in total. The van der Waals surface area contributed by atoms with Gasteiger partial charge in [0.1, 0.15) is 34.1 Å². The molecular formula is C24H23O7P. The smallest absolute Gasteiger partial charge is 0.249 e. The first-order valence-corrected chi connectivity index (χ1v) is 11.3. The first-order chi connectivity index (χ1) is 15.4. The third-order valence-corrected chi connectivity index (χ3v) is 7.59. The highest BCUT2D eigenvalue weighted by Gasteiger charge is 2.46. The summed E-state index contributed by atoms with van der Waals surface area (Å²) in [7, 11) is 1.06. The molecule has 0 atom stereocenters. The zero-order valence-electron chi connectivity index (χ0n) is 18.2. The predicted molar refractivity (Wildman–Crippen MR) is 121 cm³/mol. The fourth-order valence-electron chi connectivity index (χ4n) is 3.40. The number of ether oxygens (including phenoxy) is 4. The van der Waals surface area contributed by atoms with Gasteiger partial charge in [0.05, 0.1) is 28.4 Å². The minimum atomic E-state index is -4.46. The summed E-state index contributed by atoms with van der Waals surface area (Å²) in [5.74, 6) is 0.575. The molecule has 32 heavy (non-hydrogen) atoms. The number of hydrogen-bond acceptors (Lipinski definition) is 7. The Labute approximate surface area is 186 Å². The van der Waals surface area contributed by atoms with Gasteiger partial charge in [-0.3, -0.25) is 9.59 Å². The van der Waals surface area contributed by atoms with E-state index >= 15 is 0 Å². The molecule has 0 saturated carbocycles. The second-order valence-electron chi connectivity index (χ2n) is 6.63. The van der Waals surface area contributed by atoms with Gasteiger partial charge in [-0.2, -0.15) is 0 Å². The highest BCUT2D eigenvalue weighted by Crippen LogP contribution is 2.55. The maximum atomic E-state index is 14.6. The van der Waals surface area contributed by atoms with E-state index in [1.807, 2.05) is 0 Å². The SMILES string of the molecule is COc1cccc(OC)c1C(=O)P(=O)(C(=O)c1c(OC)cccc1OC)c1ccccc1. The number of rotatable bonds is 9. The topological polar surface area (TPSA) is 88.1 Å². The summed E-state index contributed by atoms with van der Waals surface area (Å²) in [5.41, 5.74) is -1.97. The molecule has 3 aromatic carbocycles. The second kappa shape index (κ2) is 9.71. The summed E-state index contributed by atoms with van der Waals surface area (Å²) in [6.07, 6.45) is 0. The zero-order valence-corrected chi connectivity index (χ0v) is 19.1. The Hall–Kier alpha value is -3.57. The Morgan fingerprint density at radius 1 is 0.562 bits per heavy atom. The van der Waals surface area contributed by atoms with E-state index < -0.39 is 18.2 Å². The zero-order chi connectivity index (χ0) is 23.3. The van der Waals surface area contributed by atoms with E-state index in [1.54, 1.807) is 54.6 Å². The number of carbonyl (C=O) groups is 2. The van der Waals surface area contributed by atoms with Gasteiger partial charge in [-0.15, -0.1) is 0 Å². The van der Waals surface area contributed by atoms with Gasteiger partial charge in [0, 0.05) is 5.30 Å². The standard InChI is InChI=1S/C24H23O7P/c1-28-17-12-8-13-18(29-2)21(17)23(25)32(27,16-10-6-5-7-11-16)24(26)22-19(30-3)14-9-15-20(22)31-4/h5-15H,1-4H3. The molecule has 0 aliphatic rings. The van der Waals surface area contributed by atoms with Crippen LogP contribution in [0.4, 0.5) is 0 Å². The Morgan fingerprint density at radius 2 is 0.906 bits per heavy atom. The van der Waals surface area contributed by atoms with Crippen LogP contribution < -0.4 is 24.3 Å². The van der Waals surface area contributed by atoms with Crippen LogP contribution in [-0.2, 0) is 4.57 Å². The maximum Gasteiger partial charge on any atom is 0.249 e. The summed E-state index contributed by atoms with van der Waals surface area (Å²) in [4.78, 5) is 27.8. The minimum Gasteiger partial charge on any atom is -0.496 e. The van der Waals surface area contributed by atoms with Crippen LogP contribution in [0.1, 0.15) is 20.7 Å². The molecule has 0 spiro atoms. The highest BCUT2D eigenvalue weighted by molar-refractivity contribution is 8.01. The second-order valence-corrected chi connectivity index (χ2v) is 9.18. The molecule has 8 heteroatoms. The minimum absolute atomic E-state index is 0.0769. The first kappa shape index (κ1) is 23.1. The average molecular weight is 454 g/mol. The van der Waals surface area contributed by atoms with Crippen molar-refractivity contribution in [2.45, 2.75) is 0 Å². The fourth-order valence-corrected chi connectivity index (χ4v) is 5.72. The van der Waals surface area contributed by atoms with Crippen molar-refractivity contribution >= 4 is 23.5 Å². The third kappa shape index (κ3) is 3.87. The van der Waals surface area contributed by atoms with Crippen molar-refractivity contribution in [1.29, 1.82) is 0 Å². The summed E-state index contributed by atoms with van der Waals surface area (Å²) < 4.78 is 35.9. The quantitative estimate of drug-likeness (QED) is 0.443. The monoisotopic (exact) mass is 454 g/mol. The molecular weight excluding hydrogens is 431 g/mol. The first-order valence-electron chi connectivity index (χ1n) is 9.61. The molecule has 0 saturated heterocycles. The summed E-state index contributed by atoms with van der Waals surface area (Å²) in [6, 6.07) is 17.3. The molecule has 0 bridgehead atoms. The van der Waals surface area contributed by atoms with E-state index in [0.29, 0.717) is 0 Å². The molecule has 0 heterocycles. The fraction of sp³-hybridized carbons (Fsp3) is 0.167. The van der Waals surface area contributed by atoms with Crippen molar-refractivity contribution in [2.75, 3.05) is 28.4 Å². The van der Waals surface area contributed by atoms with Crippen LogP contribution in [0.5, 0.6) is 23.0 Å². The Kier molecular flexibility index (Phi) is 7.01.